The van der Waals surface area contributed by atoms with Crippen LogP contribution in [0.1, 0.15) is 6.42 Å². The number of carboxylic acids is 1. The summed E-state index contributed by atoms with van der Waals surface area (Å²) in [5, 5.41) is 11.7. The minimum Gasteiger partial charge on any atom is -0.481 e. The van der Waals surface area contributed by atoms with Gasteiger partial charge in [0.25, 0.3) is 0 Å². The number of nitrogens with one attached hydrogen (secondary N) is 1. The van der Waals surface area contributed by atoms with E-state index in [1.54, 1.807) is 16.7 Å². The zero-order valence-electron chi connectivity index (χ0n) is 9.32. The van der Waals surface area contributed by atoms with Crippen LogP contribution in [0.4, 0.5) is 4.79 Å². The van der Waals surface area contributed by atoms with Crippen LogP contribution in [0, 0.1) is 0 Å². The Morgan fingerprint density at radius 1 is 1.59 bits per heavy atom. The molecule has 1 saturated heterocycles. The van der Waals surface area contributed by atoms with Gasteiger partial charge in [-0.25, -0.2) is 4.79 Å². The summed E-state index contributed by atoms with van der Waals surface area (Å²) in [6, 6.07) is -0.534. The summed E-state index contributed by atoms with van der Waals surface area (Å²) in [6.07, 6.45) is -0.0256. The Morgan fingerprint density at radius 2 is 2.29 bits per heavy atom. The molecule has 7 heteroatoms. The topological polar surface area (TPSA) is 69.6 Å². The van der Waals surface area contributed by atoms with E-state index in [2.05, 4.69) is 11.9 Å². The second kappa shape index (κ2) is 6.76. The van der Waals surface area contributed by atoms with Crippen molar-refractivity contribution in [2.24, 2.45) is 0 Å². The number of urea groups is 1. The molecule has 0 aromatic heterocycles. The summed E-state index contributed by atoms with van der Waals surface area (Å²) < 4.78 is 0. The molecule has 5 nitrogen and oxygen atoms in total. The Kier molecular flexibility index (Phi) is 5.64. The van der Waals surface area contributed by atoms with Crippen molar-refractivity contribution in [2.75, 3.05) is 24.6 Å². The summed E-state index contributed by atoms with van der Waals surface area (Å²) in [6.45, 7) is 4.23. The van der Waals surface area contributed by atoms with Crippen molar-refractivity contribution in [1.29, 1.82) is 0 Å². The molecule has 0 radical (unpaired) electrons. The Hall–Kier alpha value is -0.880. The fourth-order valence-electron chi connectivity index (χ4n) is 1.57. The molecule has 1 rings (SSSR count). The van der Waals surface area contributed by atoms with Gasteiger partial charge in [0.15, 0.2) is 0 Å². The molecule has 1 heterocycles. The van der Waals surface area contributed by atoms with Crippen molar-refractivity contribution in [3.05, 3.63) is 11.6 Å². The van der Waals surface area contributed by atoms with E-state index < -0.39 is 5.97 Å². The van der Waals surface area contributed by atoms with Gasteiger partial charge in [0.2, 0.25) is 0 Å². The van der Waals surface area contributed by atoms with Crippen molar-refractivity contribution in [3.8, 4) is 0 Å². The molecule has 2 amide bonds. The van der Waals surface area contributed by atoms with Crippen molar-refractivity contribution < 1.29 is 14.7 Å². The monoisotopic (exact) mass is 278 g/mol. The average Bonchev–Trinajstić information content (AvgIpc) is 2.25. The molecular weight excluding hydrogens is 264 g/mol. The molecule has 0 aromatic rings. The van der Waals surface area contributed by atoms with Gasteiger partial charge in [0.05, 0.1) is 19.0 Å². The molecular formula is C10H15ClN2O3S. The smallest absolute Gasteiger partial charge is 0.318 e. The number of thioether (sulfide) groups is 1. The van der Waals surface area contributed by atoms with Crippen molar-refractivity contribution in [1.82, 2.24) is 10.2 Å². The van der Waals surface area contributed by atoms with E-state index in [1.165, 1.54) is 0 Å². The minimum absolute atomic E-state index is 0.0256. The highest BCUT2D eigenvalue weighted by Crippen LogP contribution is 2.19. The van der Waals surface area contributed by atoms with Crippen molar-refractivity contribution in [3.63, 3.8) is 0 Å². The number of hydrogen-bond acceptors (Lipinski definition) is 3. The maximum absolute atomic E-state index is 11.8. The largest absolute Gasteiger partial charge is 0.481 e. The Bertz CT molecular complexity index is 325. The number of aliphatic carboxylic acids is 1. The first kappa shape index (κ1) is 14.2. The maximum Gasteiger partial charge on any atom is 0.318 e. The lowest BCUT2D eigenvalue weighted by Crippen LogP contribution is -2.51. The first-order valence-corrected chi connectivity index (χ1v) is 6.71. The second-order valence-electron chi connectivity index (χ2n) is 3.70. The van der Waals surface area contributed by atoms with Crippen LogP contribution in [0.15, 0.2) is 11.6 Å². The summed E-state index contributed by atoms with van der Waals surface area (Å²) in [5.74, 6) is 0.587. The van der Waals surface area contributed by atoms with Gasteiger partial charge in [-0.3, -0.25) is 4.79 Å². The highest BCUT2D eigenvalue weighted by atomic mass is 35.5. The number of nitrogens with zero attached hydrogens (tertiary/aromatic N) is 1. The predicted octanol–water partition coefficient (Wildman–Crippen LogP) is 1.34. The predicted molar refractivity (Wildman–Crippen MR) is 68.5 cm³/mol. The summed E-state index contributed by atoms with van der Waals surface area (Å²) >= 11 is 7.22. The van der Waals surface area contributed by atoms with Crippen LogP contribution in [0.3, 0.4) is 0 Å². The number of carbonyl (C=O) groups excluding carboxylic acids is 1. The quantitative estimate of drug-likeness (QED) is 0.814. The van der Waals surface area contributed by atoms with Crippen LogP contribution >= 0.6 is 23.4 Å². The van der Waals surface area contributed by atoms with Crippen molar-refractivity contribution in [2.45, 2.75) is 12.5 Å². The number of rotatable bonds is 4. The zero-order valence-corrected chi connectivity index (χ0v) is 10.9. The Labute approximate surface area is 109 Å². The standard InChI is InChI=1S/C10H15ClN2O3S/c1-7(11)5-12-10(16)13-2-3-17-6-8(13)4-9(14)15/h8H,1-6H2,(H,12,16)(H,14,15). The summed E-state index contributed by atoms with van der Waals surface area (Å²) in [4.78, 5) is 24.1. The zero-order chi connectivity index (χ0) is 12.8. The van der Waals surface area contributed by atoms with Gasteiger partial charge in [0, 0.05) is 23.1 Å². The van der Waals surface area contributed by atoms with E-state index in [9.17, 15) is 9.59 Å². The number of carboxylic acid groups (broad SMARTS) is 1. The van der Waals surface area contributed by atoms with Gasteiger partial charge in [-0.1, -0.05) is 18.2 Å². The number of carbonyl (C=O) groups is 2. The molecule has 0 bridgehead atoms. The van der Waals surface area contributed by atoms with Crippen LogP contribution in [0.2, 0.25) is 0 Å². The van der Waals surface area contributed by atoms with Gasteiger partial charge in [-0.05, 0) is 0 Å². The molecule has 0 aromatic carbocycles. The lowest BCUT2D eigenvalue weighted by molar-refractivity contribution is -0.137. The minimum atomic E-state index is -0.892. The third-order valence-corrected chi connectivity index (χ3v) is 3.56. The molecule has 96 valence electrons. The molecule has 0 saturated carbocycles. The molecule has 1 atom stereocenters. The molecule has 0 aliphatic carbocycles. The van der Waals surface area contributed by atoms with Gasteiger partial charge < -0.3 is 15.3 Å². The molecule has 1 unspecified atom stereocenters. The SMILES string of the molecule is C=C(Cl)CNC(=O)N1CCSCC1CC(=O)O. The molecule has 1 aliphatic rings. The number of amides is 2. The van der Waals surface area contributed by atoms with Gasteiger partial charge in [0.1, 0.15) is 0 Å². The first-order chi connectivity index (χ1) is 8.00. The fourth-order valence-corrected chi connectivity index (χ4v) is 2.70. The Morgan fingerprint density at radius 3 is 2.88 bits per heavy atom. The summed E-state index contributed by atoms with van der Waals surface area (Å²) in [7, 11) is 0. The van der Waals surface area contributed by atoms with Crippen LogP contribution < -0.4 is 5.32 Å². The van der Waals surface area contributed by atoms with E-state index in [-0.39, 0.29) is 25.0 Å². The molecule has 1 aliphatic heterocycles. The van der Waals surface area contributed by atoms with E-state index >= 15 is 0 Å². The third-order valence-electron chi connectivity index (χ3n) is 2.33. The van der Waals surface area contributed by atoms with Gasteiger partial charge >= 0.3 is 12.0 Å². The molecule has 17 heavy (non-hydrogen) atoms. The van der Waals surface area contributed by atoms with Gasteiger partial charge in [-0.2, -0.15) is 11.8 Å². The third kappa shape index (κ3) is 4.87. The van der Waals surface area contributed by atoms with E-state index in [0.717, 1.165) is 5.75 Å². The van der Waals surface area contributed by atoms with E-state index in [4.69, 9.17) is 16.7 Å². The lowest BCUT2D eigenvalue weighted by atomic mass is 10.2. The molecule has 2 N–H and O–H groups in total. The first-order valence-electron chi connectivity index (χ1n) is 5.18. The lowest BCUT2D eigenvalue weighted by Gasteiger charge is -2.34. The normalized spacial score (nSPS) is 19.8. The highest BCUT2D eigenvalue weighted by Gasteiger charge is 2.28. The number of halogens is 1. The van der Waals surface area contributed by atoms with E-state index in [0.29, 0.717) is 17.3 Å². The molecule has 1 fully saturated rings. The van der Waals surface area contributed by atoms with E-state index in [1.807, 2.05) is 0 Å². The van der Waals surface area contributed by atoms with Crippen LogP contribution in [0.25, 0.3) is 0 Å². The highest BCUT2D eigenvalue weighted by molar-refractivity contribution is 7.99. The van der Waals surface area contributed by atoms with Gasteiger partial charge in [-0.15, -0.1) is 0 Å². The average molecular weight is 279 g/mol. The second-order valence-corrected chi connectivity index (χ2v) is 5.38. The van der Waals surface area contributed by atoms with Crippen LogP contribution in [0.5, 0.6) is 0 Å². The van der Waals surface area contributed by atoms with Crippen LogP contribution in [-0.4, -0.2) is 52.6 Å². The fraction of sp³-hybridized carbons (Fsp3) is 0.600. The van der Waals surface area contributed by atoms with Crippen molar-refractivity contribution >= 4 is 35.4 Å². The summed E-state index contributed by atoms with van der Waals surface area (Å²) in [5.41, 5.74) is 0. The number of hydrogen-bond donors (Lipinski definition) is 2. The van der Waals surface area contributed by atoms with Crippen LogP contribution in [-0.2, 0) is 4.79 Å². The maximum atomic E-state index is 11.8. The Balaban J connectivity index is 2.54. The molecule has 0 spiro atoms.